The van der Waals surface area contributed by atoms with Gasteiger partial charge >= 0.3 is 0 Å². The first-order valence-corrected chi connectivity index (χ1v) is 7.13. The van der Waals surface area contributed by atoms with E-state index in [4.69, 9.17) is 0 Å². The lowest BCUT2D eigenvalue weighted by molar-refractivity contribution is -0.116. The highest BCUT2D eigenvalue weighted by molar-refractivity contribution is 5.91. The lowest BCUT2D eigenvalue weighted by Gasteiger charge is -2.14. The van der Waals surface area contributed by atoms with Crippen LogP contribution in [0, 0.1) is 0 Å². The molecule has 1 aromatic carbocycles. The maximum absolute atomic E-state index is 11.7. The van der Waals surface area contributed by atoms with Crippen LogP contribution < -0.4 is 5.32 Å². The first-order valence-electron chi connectivity index (χ1n) is 7.13. The van der Waals surface area contributed by atoms with Crippen LogP contribution >= 0.6 is 0 Å². The van der Waals surface area contributed by atoms with Gasteiger partial charge in [-0.3, -0.25) is 4.79 Å². The summed E-state index contributed by atoms with van der Waals surface area (Å²) in [6.45, 7) is 6.40. The minimum absolute atomic E-state index is 0.128. The van der Waals surface area contributed by atoms with E-state index in [2.05, 4.69) is 25.2 Å². The number of hydrogen-bond donors (Lipinski definition) is 1. The van der Waals surface area contributed by atoms with Gasteiger partial charge in [0.05, 0.1) is 0 Å². The summed E-state index contributed by atoms with van der Waals surface area (Å²) in [5, 5.41) is 3.06. The van der Waals surface area contributed by atoms with Gasteiger partial charge in [-0.15, -0.1) is 0 Å². The van der Waals surface area contributed by atoms with Crippen LogP contribution in [0.4, 0.5) is 5.69 Å². The molecule has 0 saturated heterocycles. The Morgan fingerprint density at radius 3 is 2.56 bits per heavy atom. The molecule has 18 heavy (non-hydrogen) atoms. The molecule has 1 amide bonds. The monoisotopic (exact) mass is 247 g/mol. The lowest BCUT2D eigenvalue weighted by atomic mass is 9.98. The number of carbonyl (C=O) groups is 1. The summed E-state index contributed by atoms with van der Waals surface area (Å²) in [6.07, 6.45) is 5.93. The molecule has 0 spiro atoms. The smallest absolute Gasteiger partial charge is 0.224 e. The van der Waals surface area contributed by atoms with Crippen LogP contribution in [0.25, 0.3) is 0 Å². The van der Waals surface area contributed by atoms with Gasteiger partial charge in [-0.2, -0.15) is 0 Å². The van der Waals surface area contributed by atoms with Crippen LogP contribution in [0.15, 0.2) is 18.2 Å². The van der Waals surface area contributed by atoms with Gasteiger partial charge in [-0.1, -0.05) is 39.3 Å². The third-order valence-electron chi connectivity index (χ3n) is 3.19. The van der Waals surface area contributed by atoms with Crippen LogP contribution in [0.2, 0.25) is 0 Å². The molecule has 0 radical (unpaired) electrons. The van der Waals surface area contributed by atoms with Crippen molar-refractivity contribution in [3.05, 3.63) is 29.3 Å². The maximum Gasteiger partial charge on any atom is 0.224 e. The fourth-order valence-corrected chi connectivity index (χ4v) is 2.17. The van der Waals surface area contributed by atoms with Crippen molar-refractivity contribution in [3.8, 4) is 0 Å². The van der Waals surface area contributed by atoms with Gasteiger partial charge in [0.25, 0.3) is 0 Å². The summed E-state index contributed by atoms with van der Waals surface area (Å²) in [4.78, 5) is 11.7. The molecular formula is C16H25NO. The van der Waals surface area contributed by atoms with E-state index >= 15 is 0 Å². The average molecular weight is 247 g/mol. The van der Waals surface area contributed by atoms with Crippen molar-refractivity contribution >= 4 is 11.6 Å². The van der Waals surface area contributed by atoms with Gasteiger partial charge in [-0.25, -0.2) is 0 Å². The van der Waals surface area contributed by atoms with Crippen molar-refractivity contribution in [2.24, 2.45) is 0 Å². The fraction of sp³-hybridized carbons (Fsp3) is 0.562. The summed E-state index contributed by atoms with van der Waals surface area (Å²) < 4.78 is 0. The molecule has 0 aliphatic heterocycles. The Morgan fingerprint density at radius 1 is 1.17 bits per heavy atom. The molecule has 0 saturated carbocycles. The van der Waals surface area contributed by atoms with Crippen molar-refractivity contribution in [1.29, 1.82) is 0 Å². The standard InChI is InChI=1S/C16H25NO/c1-4-7-11-14-13(6-3)10-8-12-15(14)17-16(18)9-5-2/h8,10,12H,4-7,9,11H2,1-3H3,(H,17,18). The second-order valence-corrected chi connectivity index (χ2v) is 4.70. The SMILES string of the molecule is CCCCc1c(CC)cccc1NC(=O)CCC. The third-order valence-corrected chi connectivity index (χ3v) is 3.19. The molecule has 0 fully saturated rings. The first-order chi connectivity index (χ1) is 8.72. The van der Waals surface area contributed by atoms with Crippen molar-refractivity contribution in [2.45, 2.75) is 59.3 Å². The predicted molar refractivity (Wildman–Crippen MR) is 78.0 cm³/mol. The summed E-state index contributed by atoms with van der Waals surface area (Å²) in [7, 11) is 0. The van der Waals surface area contributed by atoms with Gasteiger partial charge in [-0.05, 0) is 42.9 Å². The largest absolute Gasteiger partial charge is 0.326 e. The van der Waals surface area contributed by atoms with Gasteiger partial charge in [0, 0.05) is 12.1 Å². The number of hydrogen-bond acceptors (Lipinski definition) is 1. The average Bonchev–Trinajstić information content (AvgIpc) is 2.37. The molecule has 1 aromatic rings. The van der Waals surface area contributed by atoms with Gasteiger partial charge < -0.3 is 5.32 Å². The Bertz CT molecular complexity index is 385. The summed E-state index contributed by atoms with van der Waals surface area (Å²) in [5.74, 6) is 0.128. The highest BCUT2D eigenvalue weighted by atomic mass is 16.1. The van der Waals surface area contributed by atoms with Crippen molar-refractivity contribution in [1.82, 2.24) is 0 Å². The summed E-state index contributed by atoms with van der Waals surface area (Å²) >= 11 is 0. The molecule has 0 unspecified atom stereocenters. The Kier molecular flexibility index (Phi) is 6.48. The topological polar surface area (TPSA) is 29.1 Å². The Hall–Kier alpha value is -1.31. The lowest BCUT2D eigenvalue weighted by Crippen LogP contribution is -2.13. The van der Waals surface area contributed by atoms with E-state index in [-0.39, 0.29) is 5.91 Å². The molecule has 0 heterocycles. The fourth-order valence-electron chi connectivity index (χ4n) is 2.17. The number of nitrogens with one attached hydrogen (secondary N) is 1. The number of rotatable bonds is 7. The zero-order valence-corrected chi connectivity index (χ0v) is 11.9. The van der Waals surface area contributed by atoms with E-state index in [0.717, 1.165) is 24.9 Å². The van der Waals surface area contributed by atoms with Crippen molar-refractivity contribution < 1.29 is 4.79 Å². The van der Waals surface area contributed by atoms with Crippen LogP contribution in [-0.4, -0.2) is 5.91 Å². The molecule has 0 atom stereocenters. The molecule has 2 nitrogen and oxygen atoms in total. The number of unbranched alkanes of at least 4 members (excludes halogenated alkanes) is 1. The minimum Gasteiger partial charge on any atom is -0.326 e. The van der Waals surface area contributed by atoms with E-state index in [1.165, 1.54) is 24.0 Å². The molecule has 0 aliphatic rings. The molecule has 0 aromatic heterocycles. The second-order valence-electron chi connectivity index (χ2n) is 4.70. The number of benzene rings is 1. The molecule has 1 N–H and O–H groups in total. The third kappa shape index (κ3) is 4.17. The first kappa shape index (κ1) is 14.7. The van der Waals surface area contributed by atoms with Crippen LogP contribution in [0.3, 0.4) is 0 Å². The molecule has 100 valence electrons. The number of amides is 1. The van der Waals surface area contributed by atoms with Crippen LogP contribution in [-0.2, 0) is 17.6 Å². The Labute approximate surface area is 111 Å². The molecule has 0 aliphatic carbocycles. The highest BCUT2D eigenvalue weighted by Gasteiger charge is 2.09. The zero-order chi connectivity index (χ0) is 13.4. The number of carbonyl (C=O) groups excluding carboxylic acids is 1. The minimum atomic E-state index is 0.128. The number of aryl methyl sites for hydroxylation is 1. The van der Waals surface area contributed by atoms with Gasteiger partial charge in [0.15, 0.2) is 0 Å². The van der Waals surface area contributed by atoms with Crippen molar-refractivity contribution in [2.75, 3.05) is 5.32 Å². The van der Waals surface area contributed by atoms with Gasteiger partial charge in [0.1, 0.15) is 0 Å². The highest BCUT2D eigenvalue weighted by Crippen LogP contribution is 2.23. The van der Waals surface area contributed by atoms with E-state index in [0.29, 0.717) is 6.42 Å². The molecular weight excluding hydrogens is 222 g/mol. The normalized spacial score (nSPS) is 10.4. The van der Waals surface area contributed by atoms with Crippen LogP contribution in [0.5, 0.6) is 0 Å². The zero-order valence-electron chi connectivity index (χ0n) is 11.9. The van der Waals surface area contributed by atoms with Crippen LogP contribution in [0.1, 0.15) is 57.6 Å². The quantitative estimate of drug-likeness (QED) is 0.763. The molecule has 1 rings (SSSR count). The van der Waals surface area contributed by atoms with Crippen molar-refractivity contribution in [3.63, 3.8) is 0 Å². The Morgan fingerprint density at radius 2 is 1.94 bits per heavy atom. The van der Waals surface area contributed by atoms with Gasteiger partial charge in [0.2, 0.25) is 5.91 Å². The predicted octanol–water partition coefficient (Wildman–Crippen LogP) is 4.33. The van der Waals surface area contributed by atoms with E-state index < -0.39 is 0 Å². The molecule has 0 bridgehead atoms. The van der Waals surface area contributed by atoms with E-state index in [1.807, 2.05) is 19.1 Å². The molecule has 2 heteroatoms. The van der Waals surface area contributed by atoms with E-state index in [1.54, 1.807) is 0 Å². The van der Waals surface area contributed by atoms with E-state index in [9.17, 15) is 4.79 Å². The summed E-state index contributed by atoms with van der Waals surface area (Å²) in [6, 6.07) is 6.23. The summed E-state index contributed by atoms with van der Waals surface area (Å²) in [5.41, 5.74) is 3.70. The second kappa shape index (κ2) is 7.91. The number of anilines is 1. The maximum atomic E-state index is 11.7. The Balaban J connectivity index is 2.90.